The van der Waals surface area contributed by atoms with Crippen molar-refractivity contribution < 1.29 is 22.7 Å². The molecule has 2 rings (SSSR count). The first-order valence-corrected chi connectivity index (χ1v) is 6.59. The zero-order chi connectivity index (χ0) is 16.5. The van der Waals surface area contributed by atoms with Crippen LogP contribution in [-0.4, -0.2) is 35.1 Å². The second-order valence-electron chi connectivity index (χ2n) is 5.07. The van der Waals surface area contributed by atoms with Gasteiger partial charge in [-0.3, -0.25) is 9.20 Å². The third-order valence-corrected chi connectivity index (χ3v) is 3.04. The minimum atomic E-state index is -4.71. The van der Waals surface area contributed by atoms with E-state index in [1.165, 1.54) is 19.4 Å². The fourth-order valence-electron chi connectivity index (χ4n) is 2.15. The second kappa shape index (κ2) is 5.96. The highest BCUT2D eigenvalue weighted by Crippen LogP contribution is 2.32. The first-order valence-electron chi connectivity index (χ1n) is 6.59. The molecule has 0 aliphatic heterocycles. The summed E-state index contributed by atoms with van der Waals surface area (Å²) in [5.41, 5.74) is -0.922. The van der Waals surface area contributed by atoms with Crippen LogP contribution in [0.5, 0.6) is 0 Å². The number of halogens is 3. The van der Waals surface area contributed by atoms with Crippen molar-refractivity contribution in [3.8, 4) is 0 Å². The Morgan fingerprint density at radius 3 is 2.73 bits per heavy atom. The fraction of sp³-hybridized carbons (Fsp3) is 0.429. The van der Waals surface area contributed by atoms with Crippen LogP contribution in [0.2, 0.25) is 0 Å². The van der Waals surface area contributed by atoms with Gasteiger partial charge in [-0.2, -0.15) is 13.2 Å². The van der Waals surface area contributed by atoms with Crippen molar-refractivity contribution in [1.29, 1.82) is 0 Å². The van der Waals surface area contributed by atoms with E-state index in [0.717, 1.165) is 9.96 Å². The summed E-state index contributed by atoms with van der Waals surface area (Å²) in [6.07, 6.45) is -3.26. The maximum absolute atomic E-state index is 13.2. The molecule has 0 fully saturated rings. The van der Waals surface area contributed by atoms with Crippen molar-refractivity contribution in [2.45, 2.75) is 26.1 Å². The Labute approximate surface area is 125 Å². The van der Waals surface area contributed by atoms with Crippen LogP contribution >= 0.6 is 0 Å². The van der Waals surface area contributed by atoms with E-state index in [-0.39, 0.29) is 12.3 Å². The Morgan fingerprint density at radius 1 is 1.45 bits per heavy atom. The van der Waals surface area contributed by atoms with E-state index in [9.17, 15) is 18.0 Å². The number of aryl methyl sites for hydroxylation is 1. The lowest BCUT2D eigenvalue weighted by Gasteiger charge is -2.14. The molecule has 2 heterocycles. The van der Waals surface area contributed by atoms with Gasteiger partial charge in [-0.05, 0) is 25.5 Å². The van der Waals surface area contributed by atoms with E-state index in [1.807, 2.05) is 0 Å². The van der Waals surface area contributed by atoms with Gasteiger partial charge in [-0.1, -0.05) is 6.07 Å². The number of hydrogen-bond donors (Lipinski definition) is 1. The first-order chi connectivity index (χ1) is 10.2. The van der Waals surface area contributed by atoms with Gasteiger partial charge in [0.2, 0.25) is 0 Å². The molecule has 1 amide bonds. The number of ether oxygens (including phenoxy) is 1. The zero-order valence-corrected chi connectivity index (χ0v) is 12.4. The number of rotatable bonds is 4. The highest BCUT2D eigenvalue weighted by atomic mass is 19.4. The van der Waals surface area contributed by atoms with Crippen molar-refractivity contribution in [2.24, 2.45) is 0 Å². The molecular formula is C14H16F3N3O2. The molecule has 22 heavy (non-hydrogen) atoms. The summed E-state index contributed by atoms with van der Waals surface area (Å²) in [6, 6.07) is 2.66. The van der Waals surface area contributed by atoms with Gasteiger partial charge in [0.05, 0.1) is 6.61 Å². The predicted molar refractivity (Wildman–Crippen MR) is 73.7 cm³/mol. The lowest BCUT2D eigenvalue weighted by Crippen LogP contribution is -2.37. The summed E-state index contributed by atoms with van der Waals surface area (Å²) in [6.45, 7) is 3.56. The minimum absolute atomic E-state index is 0.0717. The first kappa shape index (κ1) is 16.3. The smallest absolute Gasteiger partial charge is 0.383 e. The maximum atomic E-state index is 13.2. The summed E-state index contributed by atoms with van der Waals surface area (Å²) in [7, 11) is 1.45. The van der Waals surface area contributed by atoms with Crippen molar-refractivity contribution in [1.82, 2.24) is 14.7 Å². The topological polar surface area (TPSA) is 55.6 Å². The highest BCUT2D eigenvalue weighted by Gasteiger charge is 2.40. The predicted octanol–water partition coefficient (Wildman–Crippen LogP) is 2.43. The van der Waals surface area contributed by atoms with E-state index in [1.54, 1.807) is 19.9 Å². The lowest BCUT2D eigenvalue weighted by molar-refractivity contribution is -0.141. The molecule has 2 aromatic rings. The van der Waals surface area contributed by atoms with E-state index in [0.29, 0.717) is 0 Å². The van der Waals surface area contributed by atoms with Crippen LogP contribution < -0.4 is 5.32 Å². The second-order valence-corrected chi connectivity index (χ2v) is 5.07. The van der Waals surface area contributed by atoms with Gasteiger partial charge in [-0.25, -0.2) is 4.98 Å². The number of nitrogens with one attached hydrogen (secondary N) is 1. The molecule has 0 aliphatic carbocycles. The van der Waals surface area contributed by atoms with Crippen molar-refractivity contribution >= 4 is 11.6 Å². The van der Waals surface area contributed by atoms with Crippen LogP contribution in [-0.2, 0) is 10.9 Å². The molecule has 1 atom stereocenters. The number of alkyl halides is 3. The molecule has 8 heteroatoms. The summed E-state index contributed by atoms with van der Waals surface area (Å²) >= 11 is 0. The molecule has 0 bridgehead atoms. The van der Waals surface area contributed by atoms with Gasteiger partial charge in [-0.15, -0.1) is 0 Å². The Morgan fingerprint density at radius 2 is 2.14 bits per heavy atom. The number of carbonyl (C=O) groups excluding carboxylic acids is 1. The number of fused-ring (bicyclic) bond motifs is 1. The summed E-state index contributed by atoms with van der Waals surface area (Å²) in [5, 5.41) is 2.48. The molecule has 0 saturated heterocycles. The molecule has 1 unspecified atom stereocenters. The van der Waals surface area contributed by atoms with Crippen molar-refractivity contribution in [3.63, 3.8) is 0 Å². The lowest BCUT2D eigenvalue weighted by atomic mass is 10.2. The van der Waals surface area contributed by atoms with Gasteiger partial charge >= 0.3 is 6.18 Å². The van der Waals surface area contributed by atoms with Crippen LogP contribution in [0.4, 0.5) is 13.2 Å². The summed E-state index contributed by atoms with van der Waals surface area (Å²) in [4.78, 5) is 15.8. The molecular weight excluding hydrogens is 299 g/mol. The number of amides is 1. The van der Waals surface area contributed by atoms with E-state index in [2.05, 4.69) is 10.3 Å². The summed E-state index contributed by atoms with van der Waals surface area (Å²) < 4.78 is 45.5. The molecule has 0 saturated carbocycles. The number of pyridine rings is 1. The van der Waals surface area contributed by atoms with Crippen LogP contribution in [0.15, 0.2) is 18.3 Å². The normalized spacial score (nSPS) is 13.4. The number of carbonyl (C=O) groups is 1. The average molecular weight is 315 g/mol. The molecule has 0 spiro atoms. The number of nitrogens with zero attached hydrogens (tertiary/aromatic N) is 2. The minimum Gasteiger partial charge on any atom is -0.383 e. The van der Waals surface area contributed by atoms with Crippen LogP contribution in [0.3, 0.4) is 0 Å². The van der Waals surface area contributed by atoms with Crippen LogP contribution in [0, 0.1) is 6.92 Å². The van der Waals surface area contributed by atoms with Crippen LogP contribution in [0.25, 0.3) is 5.65 Å². The number of imidazole rings is 1. The monoisotopic (exact) mass is 315 g/mol. The van der Waals surface area contributed by atoms with E-state index >= 15 is 0 Å². The van der Waals surface area contributed by atoms with Gasteiger partial charge < -0.3 is 10.1 Å². The third-order valence-electron chi connectivity index (χ3n) is 3.04. The number of aromatic nitrogens is 2. The maximum Gasteiger partial charge on any atom is 0.435 e. The third kappa shape index (κ3) is 3.22. The molecule has 120 valence electrons. The Balaban J connectivity index is 2.53. The van der Waals surface area contributed by atoms with Crippen LogP contribution in [0.1, 0.15) is 28.7 Å². The molecule has 1 N–H and O–H groups in total. The fourth-order valence-corrected chi connectivity index (χ4v) is 2.15. The molecule has 2 aromatic heterocycles. The van der Waals surface area contributed by atoms with Crippen molar-refractivity contribution in [2.75, 3.05) is 13.7 Å². The standard InChI is InChI=1S/C14H16F3N3O2/c1-8-4-5-10-19-12(14(15,16)17)11(20(10)6-8)13(21)18-9(2)7-22-3/h4-6,9H,7H2,1-3H3,(H,18,21). The molecule has 0 radical (unpaired) electrons. The highest BCUT2D eigenvalue weighted by molar-refractivity contribution is 5.95. The summed E-state index contributed by atoms with van der Waals surface area (Å²) in [5.74, 6) is -0.838. The number of methoxy groups -OCH3 is 1. The van der Waals surface area contributed by atoms with E-state index < -0.39 is 29.5 Å². The average Bonchev–Trinajstić information content (AvgIpc) is 2.77. The number of hydrogen-bond acceptors (Lipinski definition) is 3. The Kier molecular flexibility index (Phi) is 4.41. The van der Waals surface area contributed by atoms with Gasteiger partial charge in [0.15, 0.2) is 5.69 Å². The molecule has 0 aliphatic rings. The zero-order valence-electron chi connectivity index (χ0n) is 12.4. The Hall–Kier alpha value is -2.09. The van der Waals surface area contributed by atoms with Gasteiger partial charge in [0, 0.05) is 19.3 Å². The van der Waals surface area contributed by atoms with Gasteiger partial charge in [0.25, 0.3) is 5.91 Å². The van der Waals surface area contributed by atoms with Crippen molar-refractivity contribution in [3.05, 3.63) is 35.3 Å². The quantitative estimate of drug-likeness (QED) is 0.943. The van der Waals surface area contributed by atoms with Gasteiger partial charge in [0.1, 0.15) is 11.3 Å². The molecule has 5 nitrogen and oxygen atoms in total. The SMILES string of the molecule is COCC(C)NC(=O)c1c(C(F)(F)F)nc2ccc(C)cn12. The Bertz CT molecular complexity index is 694. The van der Waals surface area contributed by atoms with E-state index in [4.69, 9.17) is 4.74 Å². The molecule has 0 aromatic carbocycles. The largest absolute Gasteiger partial charge is 0.435 e.